The summed E-state index contributed by atoms with van der Waals surface area (Å²) in [7, 11) is 0. The first-order chi connectivity index (χ1) is 9.96. The number of likely N-dealkylation sites (N-methyl/N-ethyl adjacent to an activating group) is 1. The van der Waals surface area contributed by atoms with E-state index >= 15 is 0 Å². The van der Waals surface area contributed by atoms with Crippen LogP contribution in [0.4, 0.5) is 5.69 Å². The Hall–Kier alpha value is -2.69. The molecular formula is C16H20N2O3. The van der Waals surface area contributed by atoms with E-state index < -0.39 is 5.91 Å². The number of hydrogen-bond acceptors (Lipinski definition) is 4. The number of phenols is 1. The van der Waals surface area contributed by atoms with Gasteiger partial charge in [0.2, 0.25) is 0 Å². The van der Waals surface area contributed by atoms with Gasteiger partial charge in [-0.1, -0.05) is 24.8 Å². The number of aliphatic hydroxyl groups is 1. The van der Waals surface area contributed by atoms with Gasteiger partial charge in [0.05, 0.1) is 11.3 Å². The van der Waals surface area contributed by atoms with E-state index in [9.17, 15) is 15.0 Å². The van der Waals surface area contributed by atoms with Gasteiger partial charge < -0.3 is 20.8 Å². The van der Waals surface area contributed by atoms with E-state index in [1.165, 1.54) is 29.2 Å². The van der Waals surface area contributed by atoms with Crippen molar-refractivity contribution in [3.63, 3.8) is 0 Å². The SMILES string of the molecule is C=C/C(C(=O)N(CC)c1cccc(O)c1)=C(O)\C(N)=C/C. The third-order valence-corrected chi connectivity index (χ3v) is 2.98. The second-order valence-corrected chi connectivity index (χ2v) is 4.28. The third-order valence-electron chi connectivity index (χ3n) is 2.98. The maximum Gasteiger partial charge on any atom is 0.262 e. The fourth-order valence-corrected chi connectivity index (χ4v) is 1.83. The zero-order valence-electron chi connectivity index (χ0n) is 12.2. The number of carbonyl (C=O) groups is 1. The summed E-state index contributed by atoms with van der Waals surface area (Å²) in [6.07, 6.45) is 2.76. The van der Waals surface area contributed by atoms with Crippen molar-refractivity contribution in [1.29, 1.82) is 0 Å². The maximum absolute atomic E-state index is 12.6. The molecule has 0 aliphatic rings. The molecule has 5 heteroatoms. The summed E-state index contributed by atoms with van der Waals surface area (Å²) in [4.78, 5) is 14.0. The lowest BCUT2D eigenvalue weighted by Gasteiger charge is -2.22. The Labute approximate surface area is 124 Å². The van der Waals surface area contributed by atoms with Gasteiger partial charge >= 0.3 is 0 Å². The monoisotopic (exact) mass is 288 g/mol. The molecule has 4 N–H and O–H groups in total. The Balaban J connectivity index is 3.28. The number of allylic oxidation sites excluding steroid dienone is 1. The molecule has 1 aromatic rings. The topological polar surface area (TPSA) is 86.8 Å². The number of aliphatic hydroxyl groups excluding tert-OH is 1. The van der Waals surface area contributed by atoms with Gasteiger partial charge in [0.15, 0.2) is 5.76 Å². The fourth-order valence-electron chi connectivity index (χ4n) is 1.83. The molecule has 0 unspecified atom stereocenters. The molecule has 0 fully saturated rings. The number of amides is 1. The van der Waals surface area contributed by atoms with Crippen molar-refractivity contribution in [2.45, 2.75) is 13.8 Å². The van der Waals surface area contributed by atoms with E-state index in [1.54, 1.807) is 26.0 Å². The molecule has 0 spiro atoms. The number of nitrogens with zero attached hydrogens (tertiary/aromatic N) is 1. The number of phenolic OH excluding ortho intramolecular Hbond substituents is 1. The molecule has 0 aliphatic heterocycles. The molecule has 21 heavy (non-hydrogen) atoms. The Morgan fingerprint density at radius 2 is 2.14 bits per heavy atom. The number of hydrogen-bond donors (Lipinski definition) is 3. The molecule has 0 saturated heterocycles. The van der Waals surface area contributed by atoms with E-state index in [1.807, 2.05) is 0 Å². The molecule has 0 saturated carbocycles. The Morgan fingerprint density at radius 1 is 1.48 bits per heavy atom. The van der Waals surface area contributed by atoms with E-state index in [2.05, 4.69) is 6.58 Å². The highest BCUT2D eigenvalue weighted by molar-refractivity contribution is 6.08. The van der Waals surface area contributed by atoms with Crippen molar-refractivity contribution in [1.82, 2.24) is 0 Å². The quantitative estimate of drug-likeness (QED) is 0.441. The van der Waals surface area contributed by atoms with Crippen LogP contribution in [0.5, 0.6) is 5.75 Å². The lowest BCUT2D eigenvalue weighted by atomic mass is 10.1. The van der Waals surface area contributed by atoms with Crippen molar-refractivity contribution < 1.29 is 15.0 Å². The summed E-state index contributed by atoms with van der Waals surface area (Å²) in [5.41, 5.74) is 6.26. The first-order valence-electron chi connectivity index (χ1n) is 6.54. The Morgan fingerprint density at radius 3 is 2.62 bits per heavy atom. The first kappa shape index (κ1) is 16.4. The van der Waals surface area contributed by atoms with Crippen molar-refractivity contribution in [2.24, 2.45) is 5.73 Å². The van der Waals surface area contributed by atoms with Gasteiger partial charge in [-0.15, -0.1) is 0 Å². The highest BCUT2D eigenvalue weighted by Gasteiger charge is 2.21. The number of rotatable bonds is 5. The molecular weight excluding hydrogens is 268 g/mol. The summed E-state index contributed by atoms with van der Waals surface area (Å²) in [5.74, 6) is -0.698. The number of nitrogens with two attached hydrogens (primary N) is 1. The molecule has 1 amide bonds. The molecule has 0 aliphatic carbocycles. The lowest BCUT2D eigenvalue weighted by Crippen LogP contribution is -2.32. The first-order valence-corrected chi connectivity index (χ1v) is 6.54. The lowest BCUT2D eigenvalue weighted by molar-refractivity contribution is -0.115. The molecule has 0 aromatic heterocycles. The number of anilines is 1. The molecule has 1 aromatic carbocycles. The van der Waals surface area contributed by atoms with Crippen LogP contribution >= 0.6 is 0 Å². The number of aromatic hydroxyl groups is 1. The molecule has 5 nitrogen and oxygen atoms in total. The van der Waals surface area contributed by atoms with Gasteiger partial charge in [-0.05, 0) is 26.0 Å². The highest BCUT2D eigenvalue weighted by Crippen LogP contribution is 2.23. The number of carbonyl (C=O) groups excluding carboxylic acids is 1. The van der Waals surface area contributed by atoms with Crippen LogP contribution in [0.2, 0.25) is 0 Å². The van der Waals surface area contributed by atoms with E-state index in [0.717, 1.165) is 0 Å². The standard InChI is InChI=1S/C16H20N2O3/c1-4-13(15(20)14(17)5-2)16(21)18(6-3)11-8-7-9-12(19)10-11/h4-5,7-10,19-20H,1,6,17H2,2-3H3/b14-5+,15-13-. The molecule has 1 rings (SSSR count). The molecule has 0 bridgehead atoms. The normalized spacial score (nSPS) is 12.6. The number of benzene rings is 1. The van der Waals surface area contributed by atoms with Crippen LogP contribution in [0.1, 0.15) is 13.8 Å². The maximum atomic E-state index is 12.6. The zero-order chi connectivity index (χ0) is 16.0. The van der Waals surface area contributed by atoms with Crippen molar-refractivity contribution >= 4 is 11.6 Å². The Bertz CT molecular complexity index is 603. The van der Waals surface area contributed by atoms with Gasteiger partial charge in [-0.25, -0.2) is 0 Å². The minimum atomic E-state index is -0.444. The zero-order valence-corrected chi connectivity index (χ0v) is 12.2. The van der Waals surface area contributed by atoms with Crippen LogP contribution in [-0.2, 0) is 4.79 Å². The van der Waals surface area contributed by atoms with Crippen LogP contribution in [0.15, 0.2) is 60.0 Å². The van der Waals surface area contributed by atoms with Crippen LogP contribution in [0.25, 0.3) is 0 Å². The van der Waals surface area contributed by atoms with Crippen LogP contribution in [0.3, 0.4) is 0 Å². The summed E-state index contributed by atoms with van der Waals surface area (Å²) < 4.78 is 0. The van der Waals surface area contributed by atoms with E-state index in [4.69, 9.17) is 5.73 Å². The average molecular weight is 288 g/mol. The minimum Gasteiger partial charge on any atom is -0.508 e. The minimum absolute atomic E-state index is 0.00999. The van der Waals surface area contributed by atoms with Crippen LogP contribution in [-0.4, -0.2) is 22.7 Å². The average Bonchev–Trinajstić information content (AvgIpc) is 2.47. The summed E-state index contributed by atoms with van der Waals surface area (Å²) in [6, 6.07) is 6.31. The summed E-state index contributed by atoms with van der Waals surface area (Å²) in [5, 5.41) is 19.5. The summed E-state index contributed by atoms with van der Waals surface area (Å²) in [6.45, 7) is 7.36. The van der Waals surface area contributed by atoms with Crippen molar-refractivity contribution in [3.05, 3.63) is 60.0 Å². The summed E-state index contributed by atoms with van der Waals surface area (Å²) >= 11 is 0. The van der Waals surface area contributed by atoms with E-state index in [-0.39, 0.29) is 22.8 Å². The molecule has 0 atom stereocenters. The highest BCUT2D eigenvalue weighted by atomic mass is 16.3. The smallest absolute Gasteiger partial charge is 0.262 e. The third kappa shape index (κ3) is 3.66. The van der Waals surface area contributed by atoms with Gasteiger partial charge in [0.1, 0.15) is 5.75 Å². The molecule has 112 valence electrons. The van der Waals surface area contributed by atoms with Gasteiger partial charge in [-0.2, -0.15) is 0 Å². The van der Waals surface area contributed by atoms with E-state index in [0.29, 0.717) is 12.2 Å². The second kappa shape index (κ2) is 7.19. The Kier molecular flexibility index (Phi) is 5.60. The van der Waals surface area contributed by atoms with Gasteiger partial charge in [0.25, 0.3) is 5.91 Å². The molecule has 0 radical (unpaired) electrons. The largest absolute Gasteiger partial charge is 0.508 e. The van der Waals surface area contributed by atoms with Crippen LogP contribution in [0, 0.1) is 0 Å². The van der Waals surface area contributed by atoms with Gasteiger partial charge in [-0.3, -0.25) is 4.79 Å². The predicted octanol–water partition coefficient (Wildman–Crippen LogP) is 2.61. The van der Waals surface area contributed by atoms with Crippen molar-refractivity contribution in [2.75, 3.05) is 11.4 Å². The van der Waals surface area contributed by atoms with Gasteiger partial charge in [0, 0.05) is 18.3 Å². The van der Waals surface area contributed by atoms with Crippen LogP contribution < -0.4 is 10.6 Å². The molecule has 0 heterocycles. The second-order valence-electron chi connectivity index (χ2n) is 4.28. The van der Waals surface area contributed by atoms with Crippen molar-refractivity contribution in [3.8, 4) is 5.75 Å². The fraction of sp³-hybridized carbons (Fsp3) is 0.188. The predicted molar refractivity (Wildman–Crippen MR) is 83.9 cm³/mol.